The minimum atomic E-state index is -0.621. The molecular weight excluding hydrogens is 344 g/mol. The van der Waals surface area contributed by atoms with Gasteiger partial charge >= 0.3 is 5.97 Å². The van der Waals surface area contributed by atoms with Gasteiger partial charge in [0.05, 0.1) is 0 Å². The second-order valence-electron chi connectivity index (χ2n) is 11.8. The molecule has 0 radical (unpaired) electrons. The van der Waals surface area contributed by atoms with Gasteiger partial charge in [-0.25, -0.2) is 0 Å². The summed E-state index contributed by atoms with van der Waals surface area (Å²) in [5, 5.41) is 9.15. The van der Waals surface area contributed by atoms with Gasteiger partial charge in [0.15, 0.2) is 0 Å². The Bertz CT molecular complexity index is 585. The van der Waals surface area contributed by atoms with Crippen LogP contribution in [0.25, 0.3) is 0 Å². The Kier molecular flexibility index (Phi) is 5.64. The maximum atomic E-state index is 11.1. The first kappa shape index (κ1) is 20.7. The molecule has 0 amide bonds. The number of carboxylic acids is 1. The van der Waals surface area contributed by atoms with Crippen molar-refractivity contribution in [1.29, 1.82) is 0 Å². The van der Waals surface area contributed by atoms with Crippen LogP contribution in [0.4, 0.5) is 0 Å². The van der Waals surface area contributed by atoms with E-state index in [4.69, 9.17) is 5.11 Å². The average Bonchev–Trinajstić information content (AvgIpc) is 3.02. The maximum absolute atomic E-state index is 11.1. The molecule has 4 saturated carbocycles. The zero-order valence-corrected chi connectivity index (χ0v) is 18.9. The van der Waals surface area contributed by atoms with Crippen molar-refractivity contribution in [2.45, 2.75) is 105 Å². The summed E-state index contributed by atoms with van der Waals surface area (Å²) in [4.78, 5) is 11.1. The molecule has 4 aliphatic rings. The van der Waals surface area contributed by atoms with Crippen LogP contribution in [0.3, 0.4) is 0 Å². The molecule has 160 valence electrons. The minimum Gasteiger partial charge on any atom is -0.481 e. The molecular formula is C26H44O2. The number of carboxylic acid groups (broad SMARTS) is 1. The van der Waals surface area contributed by atoms with E-state index in [0.717, 1.165) is 41.9 Å². The van der Waals surface area contributed by atoms with Crippen LogP contribution in [-0.4, -0.2) is 11.1 Å². The standard InChI is InChI=1S/C26H44O2/c1-5-18-16-19-22-11-10-20(17(2)9-12-24(27)28)26(22,4)15-13-23(19)25(3)14-7-6-8-21(18)25/h17-23H,5-16H2,1-4H3,(H,27,28)/t17?,18-,19?,20?,21?,22?,23?,25?,26?/m0/s1. The van der Waals surface area contributed by atoms with Crippen molar-refractivity contribution in [2.75, 3.05) is 0 Å². The number of hydrogen-bond donors (Lipinski definition) is 1. The van der Waals surface area contributed by atoms with Gasteiger partial charge < -0.3 is 5.11 Å². The molecule has 0 aromatic rings. The Labute approximate surface area is 173 Å². The van der Waals surface area contributed by atoms with Crippen molar-refractivity contribution in [2.24, 2.45) is 52.3 Å². The molecule has 0 heterocycles. The highest BCUT2D eigenvalue weighted by atomic mass is 16.4. The first-order chi connectivity index (χ1) is 13.3. The van der Waals surface area contributed by atoms with E-state index >= 15 is 0 Å². The molecule has 0 aliphatic heterocycles. The van der Waals surface area contributed by atoms with Gasteiger partial charge in [0.1, 0.15) is 0 Å². The van der Waals surface area contributed by atoms with Crippen molar-refractivity contribution in [3.05, 3.63) is 0 Å². The van der Waals surface area contributed by atoms with Crippen LogP contribution in [0.1, 0.15) is 105 Å². The topological polar surface area (TPSA) is 37.3 Å². The van der Waals surface area contributed by atoms with Gasteiger partial charge in [0.2, 0.25) is 0 Å². The summed E-state index contributed by atoms with van der Waals surface area (Å²) >= 11 is 0. The summed E-state index contributed by atoms with van der Waals surface area (Å²) in [6.07, 6.45) is 15.6. The van der Waals surface area contributed by atoms with E-state index in [1.54, 1.807) is 0 Å². The zero-order valence-electron chi connectivity index (χ0n) is 18.9. The molecule has 0 spiro atoms. The summed E-state index contributed by atoms with van der Waals surface area (Å²) in [6.45, 7) is 10.1. The lowest BCUT2D eigenvalue weighted by Crippen LogP contribution is -2.55. The van der Waals surface area contributed by atoms with E-state index in [1.807, 2.05) is 0 Å². The molecule has 4 aliphatic carbocycles. The van der Waals surface area contributed by atoms with Crippen LogP contribution in [0.2, 0.25) is 0 Å². The molecule has 2 nitrogen and oxygen atoms in total. The number of aliphatic carboxylic acids is 1. The van der Waals surface area contributed by atoms with E-state index in [1.165, 1.54) is 64.2 Å². The number of fused-ring (bicyclic) bond motifs is 5. The molecule has 0 aromatic carbocycles. The SMILES string of the molecule is CC[C@H]1CC2C3CCC(C(C)CCC(=O)O)C3(C)CCC2C2(C)CCCCC12. The highest BCUT2D eigenvalue weighted by Crippen LogP contribution is 2.69. The average molecular weight is 389 g/mol. The first-order valence-corrected chi connectivity index (χ1v) is 12.5. The van der Waals surface area contributed by atoms with Crippen molar-refractivity contribution >= 4 is 5.97 Å². The zero-order chi connectivity index (χ0) is 20.1. The third-order valence-corrected chi connectivity index (χ3v) is 10.9. The molecule has 2 heteroatoms. The molecule has 0 bridgehead atoms. The molecule has 4 rings (SSSR count). The van der Waals surface area contributed by atoms with Crippen LogP contribution in [0.5, 0.6) is 0 Å². The summed E-state index contributed by atoms with van der Waals surface area (Å²) in [5.74, 6) is 5.44. The van der Waals surface area contributed by atoms with E-state index in [-0.39, 0.29) is 0 Å². The van der Waals surface area contributed by atoms with E-state index in [9.17, 15) is 4.79 Å². The quantitative estimate of drug-likeness (QED) is 0.542. The highest BCUT2D eigenvalue weighted by molar-refractivity contribution is 5.66. The van der Waals surface area contributed by atoms with Crippen LogP contribution in [-0.2, 0) is 4.79 Å². The van der Waals surface area contributed by atoms with Crippen molar-refractivity contribution in [1.82, 2.24) is 0 Å². The number of hydrogen-bond acceptors (Lipinski definition) is 1. The Hall–Kier alpha value is -0.530. The predicted molar refractivity (Wildman–Crippen MR) is 115 cm³/mol. The van der Waals surface area contributed by atoms with E-state index in [2.05, 4.69) is 27.7 Å². The van der Waals surface area contributed by atoms with Crippen molar-refractivity contribution in [3.8, 4) is 0 Å². The van der Waals surface area contributed by atoms with Crippen LogP contribution in [0.15, 0.2) is 0 Å². The third-order valence-electron chi connectivity index (χ3n) is 10.9. The maximum Gasteiger partial charge on any atom is 0.303 e. The predicted octanol–water partition coefficient (Wildman–Crippen LogP) is 7.17. The molecule has 4 fully saturated rings. The number of carbonyl (C=O) groups is 1. The highest BCUT2D eigenvalue weighted by Gasteiger charge is 2.61. The lowest BCUT2D eigenvalue weighted by atomic mass is 9.42. The van der Waals surface area contributed by atoms with Gasteiger partial charge in [-0.05, 0) is 104 Å². The molecule has 8 unspecified atom stereocenters. The Balaban J connectivity index is 1.56. The second kappa shape index (κ2) is 7.62. The Morgan fingerprint density at radius 1 is 1.00 bits per heavy atom. The second-order valence-corrected chi connectivity index (χ2v) is 11.8. The molecule has 28 heavy (non-hydrogen) atoms. The van der Waals surface area contributed by atoms with Gasteiger partial charge in [-0.3, -0.25) is 4.79 Å². The van der Waals surface area contributed by atoms with Crippen LogP contribution in [0, 0.1) is 52.3 Å². The summed E-state index contributed by atoms with van der Waals surface area (Å²) < 4.78 is 0. The lowest BCUT2D eigenvalue weighted by Gasteiger charge is -2.63. The Morgan fingerprint density at radius 2 is 1.75 bits per heavy atom. The van der Waals surface area contributed by atoms with Crippen LogP contribution >= 0.6 is 0 Å². The van der Waals surface area contributed by atoms with Gasteiger partial charge in [-0.15, -0.1) is 0 Å². The molecule has 1 N–H and O–H groups in total. The summed E-state index contributed by atoms with van der Waals surface area (Å²) in [6, 6.07) is 0. The van der Waals surface area contributed by atoms with Crippen molar-refractivity contribution in [3.63, 3.8) is 0 Å². The fourth-order valence-electron chi connectivity index (χ4n) is 9.55. The van der Waals surface area contributed by atoms with Gasteiger partial charge in [-0.2, -0.15) is 0 Å². The molecule has 0 saturated heterocycles. The molecule has 0 aromatic heterocycles. The fourth-order valence-corrected chi connectivity index (χ4v) is 9.55. The number of rotatable bonds is 5. The Morgan fingerprint density at radius 3 is 2.46 bits per heavy atom. The first-order valence-electron chi connectivity index (χ1n) is 12.5. The monoisotopic (exact) mass is 388 g/mol. The normalized spacial score (nSPS) is 49.0. The van der Waals surface area contributed by atoms with Gasteiger partial charge in [0, 0.05) is 6.42 Å². The minimum absolute atomic E-state index is 0.349. The lowest BCUT2D eigenvalue weighted by molar-refractivity contribution is -0.140. The third kappa shape index (κ3) is 3.16. The molecule has 9 atom stereocenters. The van der Waals surface area contributed by atoms with Gasteiger partial charge in [-0.1, -0.05) is 47.0 Å². The van der Waals surface area contributed by atoms with Gasteiger partial charge in [0.25, 0.3) is 0 Å². The summed E-state index contributed by atoms with van der Waals surface area (Å²) in [5.41, 5.74) is 1.07. The largest absolute Gasteiger partial charge is 0.481 e. The fraction of sp³-hybridized carbons (Fsp3) is 0.962. The van der Waals surface area contributed by atoms with Crippen molar-refractivity contribution < 1.29 is 9.90 Å². The van der Waals surface area contributed by atoms with Crippen LogP contribution < -0.4 is 0 Å². The van der Waals surface area contributed by atoms with E-state index < -0.39 is 5.97 Å². The van der Waals surface area contributed by atoms with E-state index in [0.29, 0.717) is 23.2 Å². The summed E-state index contributed by atoms with van der Waals surface area (Å²) in [7, 11) is 0. The smallest absolute Gasteiger partial charge is 0.303 e.